The van der Waals surface area contributed by atoms with Crippen LogP contribution in [0.5, 0.6) is 34.5 Å². The number of hydrogen-bond acceptors (Lipinski definition) is 12. The van der Waals surface area contributed by atoms with Crippen LogP contribution in [0.2, 0.25) is 0 Å². The van der Waals surface area contributed by atoms with Gasteiger partial charge in [0.1, 0.15) is 15.6 Å². The predicted molar refractivity (Wildman–Crippen MR) is 104 cm³/mol. The van der Waals surface area contributed by atoms with Gasteiger partial charge in [0.2, 0.25) is 11.5 Å². The first kappa shape index (κ1) is 44.3. The van der Waals surface area contributed by atoms with E-state index in [1.165, 1.54) is 45.6 Å². The average Bonchev–Trinajstić information content (AvgIpc) is 2.71. The summed E-state index contributed by atoms with van der Waals surface area (Å²) in [6, 6.07) is 5.57. The minimum Gasteiger partial charge on any atom is -0.780 e. The molecule has 0 aliphatic carbocycles. The van der Waals surface area contributed by atoms with E-state index in [2.05, 4.69) is 9.05 Å². The van der Waals surface area contributed by atoms with Crippen molar-refractivity contribution < 1.29 is 262 Å². The van der Waals surface area contributed by atoms with E-state index in [0.29, 0.717) is 22.8 Å². The summed E-state index contributed by atoms with van der Waals surface area (Å²) in [4.78, 5) is 44.7. The fourth-order valence-corrected chi connectivity index (χ4v) is 3.45. The third-order valence-electron chi connectivity index (χ3n) is 3.87. The Morgan fingerprint density at radius 1 is 0.611 bits per heavy atom. The second-order valence-corrected chi connectivity index (χ2v) is 8.04. The van der Waals surface area contributed by atoms with Gasteiger partial charge in [0.15, 0.2) is 23.0 Å². The van der Waals surface area contributed by atoms with Crippen LogP contribution in [0.15, 0.2) is 24.3 Å². The van der Waals surface area contributed by atoms with Crippen LogP contribution in [0, 0.1) is 0 Å². The van der Waals surface area contributed by atoms with Crippen molar-refractivity contribution in [3.63, 3.8) is 0 Å². The zero-order chi connectivity index (χ0) is 24.1. The number of methoxy groups -OCH3 is 4. The molecule has 0 atom stereocenters. The Hall–Kier alpha value is 3.83. The molecular weight excluding hydrogens is 627 g/mol. The summed E-state index contributed by atoms with van der Waals surface area (Å²) < 4.78 is 51.7. The zero-order valence-corrected chi connectivity index (χ0v) is 35.5. The van der Waals surface area contributed by atoms with E-state index in [0.717, 1.165) is 7.11 Å². The maximum atomic E-state index is 11.2. The normalized spacial score (nSPS) is 10.6. The molecule has 2 aromatic carbocycles. The summed E-state index contributed by atoms with van der Waals surface area (Å²) >= 11 is 0. The molecule has 0 amide bonds. The fraction of sp³-hybridized carbons (Fsp3) is 0.222. The number of phosphoric acid groups is 2. The average molecular weight is 645 g/mol. The summed E-state index contributed by atoms with van der Waals surface area (Å²) in [7, 11) is -6.01. The largest absolute Gasteiger partial charge is 1.00 e. The van der Waals surface area contributed by atoms with Gasteiger partial charge in [0, 0.05) is 5.56 Å². The van der Waals surface area contributed by atoms with Gasteiger partial charge in [-0.05, 0) is 29.8 Å². The first-order valence-corrected chi connectivity index (χ1v) is 11.5. The zero-order valence-electron chi connectivity index (χ0n) is 21.3. The molecule has 2 aromatic rings. The van der Waals surface area contributed by atoms with Crippen LogP contribution in [0.4, 0.5) is 0 Å². The van der Waals surface area contributed by atoms with Gasteiger partial charge in [0.25, 0.3) is 0 Å². The molecule has 0 aliphatic heterocycles. The van der Waals surface area contributed by atoms with Crippen molar-refractivity contribution in [2.75, 3.05) is 28.4 Å². The van der Waals surface area contributed by atoms with Crippen molar-refractivity contribution in [3.05, 3.63) is 35.4 Å². The topological polar surface area (TPSA) is 182 Å². The van der Waals surface area contributed by atoms with E-state index in [4.69, 9.17) is 18.9 Å². The van der Waals surface area contributed by atoms with Crippen molar-refractivity contribution in [2.45, 2.75) is 0 Å². The van der Waals surface area contributed by atoms with Gasteiger partial charge >= 0.3 is 206 Å². The Balaban J connectivity index is -0.00000272. The van der Waals surface area contributed by atoms with Gasteiger partial charge in [-0.3, -0.25) is 0 Å². The smallest absolute Gasteiger partial charge is 0.780 e. The molecule has 0 heterocycles. The number of ether oxygens (including phenoxy) is 4. The molecule has 176 valence electrons. The molecule has 0 saturated heterocycles. The summed E-state index contributed by atoms with van der Waals surface area (Å²) in [5.41, 5.74) is 0.365. The van der Waals surface area contributed by atoms with E-state index in [1.54, 1.807) is 12.1 Å². The summed E-state index contributed by atoms with van der Waals surface area (Å²) in [5.74, 6) is -1.11. The van der Waals surface area contributed by atoms with Crippen molar-refractivity contribution in [1.29, 1.82) is 0 Å². The molecule has 0 bridgehead atoms. The molecule has 0 spiro atoms. The van der Waals surface area contributed by atoms with Crippen molar-refractivity contribution in [3.8, 4) is 34.5 Å². The first-order chi connectivity index (χ1) is 14.9. The van der Waals surface area contributed by atoms with Gasteiger partial charge in [-0.2, -0.15) is 0 Å². The third-order valence-corrected chi connectivity index (χ3v) is 4.69. The van der Waals surface area contributed by atoms with Crippen molar-refractivity contribution >= 4 is 27.8 Å². The van der Waals surface area contributed by atoms with Crippen molar-refractivity contribution in [2.24, 2.45) is 0 Å². The SMILES string of the molecule is COc1cc(/C=C\c2ccc(OC)c(OP(=O)([O-])[O-])c2OP(=O)([O-])[O-])cc(OC)c1OC.[K+].[K+].[K+].[K+]. The monoisotopic (exact) mass is 644 g/mol. The molecule has 0 saturated carbocycles. The minimum atomic E-state index is -5.69. The van der Waals surface area contributed by atoms with Gasteiger partial charge in [-0.25, -0.2) is 0 Å². The molecule has 0 aromatic heterocycles. The van der Waals surface area contributed by atoms with Crippen molar-refractivity contribution in [1.82, 2.24) is 0 Å². The minimum absolute atomic E-state index is 0. The Morgan fingerprint density at radius 3 is 1.44 bits per heavy atom. The van der Waals surface area contributed by atoms with E-state index >= 15 is 0 Å². The molecule has 0 unspecified atom stereocenters. The maximum absolute atomic E-state index is 11.2. The molecule has 12 nitrogen and oxygen atoms in total. The second kappa shape index (κ2) is 20.7. The predicted octanol–water partition coefficient (Wildman–Crippen LogP) is -11.7. The van der Waals surface area contributed by atoms with Crippen LogP contribution in [-0.2, 0) is 9.13 Å². The van der Waals surface area contributed by atoms with E-state index in [1.807, 2.05) is 0 Å². The number of hydrogen-bond donors (Lipinski definition) is 0. The van der Waals surface area contributed by atoms with Crippen LogP contribution in [0.25, 0.3) is 12.2 Å². The summed E-state index contributed by atoms with van der Waals surface area (Å²) in [6.07, 6.45) is 2.72. The standard InChI is InChI=1S/C18H22O12P2.4K/c1-25-13-8-7-12(16(29-31(19,20)21)18(13)30-32(22,23)24)6-5-11-9-14(26-2)17(28-4)15(10-11)27-3;;;;/h5-10H,1-4H3,(H2,19,20,21)(H2,22,23,24);;;;/q;4*+1/p-4/b6-5-;;;;. The van der Waals surface area contributed by atoms with E-state index < -0.39 is 27.1 Å². The third kappa shape index (κ3) is 14.3. The van der Waals surface area contributed by atoms with E-state index in [-0.39, 0.29) is 217 Å². The molecule has 2 rings (SSSR count). The molecular formula is C18H18K4O12P2. The second-order valence-electron chi connectivity index (χ2n) is 5.88. The van der Waals surface area contributed by atoms with Crippen LogP contribution in [0.3, 0.4) is 0 Å². The molecule has 0 aliphatic rings. The number of benzene rings is 2. The molecule has 0 fully saturated rings. The van der Waals surface area contributed by atoms with Crippen LogP contribution < -0.4 is 253 Å². The Labute approximate surface area is 379 Å². The molecule has 18 heteroatoms. The summed E-state index contributed by atoms with van der Waals surface area (Å²) in [6.45, 7) is 0. The molecule has 36 heavy (non-hydrogen) atoms. The van der Waals surface area contributed by atoms with Gasteiger partial charge < -0.3 is 56.7 Å². The van der Waals surface area contributed by atoms with E-state index in [9.17, 15) is 28.7 Å². The summed E-state index contributed by atoms with van der Waals surface area (Å²) in [5, 5.41) is 0. The molecule has 0 radical (unpaired) electrons. The number of phosphoric ester groups is 2. The fourth-order valence-electron chi connectivity index (χ4n) is 2.64. The van der Waals surface area contributed by atoms with Gasteiger partial charge in [-0.15, -0.1) is 0 Å². The van der Waals surface area contributed by atoms with Crippen LogP contribution in [-0.4, -0.2) is 28.4 Å². The Morgan fingerprint density at radius 2 is 1.06 bits per heavy atom. The van der Waals surface area contributed by atoms with Gasteiger partial charge in [0.05, 0.1) is 28.4 Å². The quantitative estimate of drug-likeness (QED) is 0.136. The van der Waals surface area contributed by atoms with Crippen LogP contribution in [0.1, 0.15) is 11.1 Å². The number of rotatable bonds is 10. The van der Waals surface area contributed by atoms with Gasteiger partial charge in [-0.1, -0.05) is 12.2 Å². The Bertz CT molecular complexity index is 1080. The maximum Gasteiger partial charge on any atom is 1.00 e. The van der Waals surface area contributed by atoms with Crippen LogP contribution >= 0.6 is 15.6 Å². The Kier molecular flexibility index (Phi) is 25.4. The molecule has 0 N–H and O–H groups in total. The first-order valence-electron chi connectivity index (χ1n) is 8.54.